The molecule has 5 fully saturated rings. The fraction of sp³-hybridized carbons (Fsp3) is 0.489. The predicted molar refractivity (Wildman–Crippen MR) is 209 cm³/mol. The fourth-order valence-electron chi connectivity index (χ4n) is 9.13. The van der Waals surface area contributed by atoms with Gasteiger partial charge in [-0.05, 0) is 67.5 Å². The molecule has 3 aliphatic carbocycles. The lowest BCUT2D eigenvalue weighted by Crippen LogP contribution is -2.43. The molecule has 55 heavy (non-hydrogen) atoms. The number of hydrogen-bond acceptors (Lipinski definition) is 5. The van der Waals surface area contributed by atoms with Crippen LogP contribution < -0.4 is 16.0 Å². The minimum Gasteiger partial charge on any atom is -0.353 e. The Hall–Kier alpha value is -4.99. The molecule has 5 aliphatic rings. The Bertz CT molecular complexity index is 1790. The standard InChI is InChI=1S/C45H53N5O5/c51-41(46-34-16-10-2-1-3-11-17-34)33-22-23-49(26-33)44(54)31-18-20-32(21-19-31)45(55)50-27-37(42(52)47-39-24-35(39)29-12-6-4-7-13-29)38(28-50)43(53)48-40-25-36(40)30-14-8-5-9-15-30/h4-9,12-15,18-21,33-40H,1-3,10-11,16-17,22-28H2,(H,46,51)(H,47,52)(H,48,53)/t33-,35+,36+,37+,38+,39-,40-/m0/s1. The second-order valence-electron chi connectivity index (χ2n) is 16.5. The van der Waals surface area contributed by atoms with Crippen molar-refractivity contribution in [3.63, 3.8) is 0 Å². The third-order valence-electron chi connectivity index (χ3n) is 12.6. The summed E-state index contributed by atoms with van der Waals surface area (Å²) in [7, 11) is 0. The van der Waals surface area contributed by atoms with Crippen molar-refractivity contribution in [1.82, 2.24) is 25.8 Å². The van der Waals surface area contributed by atoms with Crippen LogP contribution in [0.25, 0.3) is 0 Å². The number of likely N-dealkylation sites (tertiary alicyclic amines) is 2. The van der Waals surface area contributed by atoms with Crippen LogP contribution in [0.5, 0.6) is 0 Å². The third-order valence-corrected chi connectivity index (χ3v) is 12.6. The number of benzene rings is 3. The fourth-order valence-corrected chi connectivity index (χ4v) is 9.13. The summed E-state index contributed by atoms with van der Waals surface area (Å²) in [6.07, 6.45) is 10.4. The van der Waals surface area contributed by atoms with Gasteiger partial charge in [0.2, 0.25) is 17.7 Å². The van der Waals surface area contributed by atoms with Crippen LogP contribution in [0, 0.1) is 17.8 Å². The molecule has 0 bridgehead atoms. The lowest BCUT2D eigenvalue weighted by molar-refractivity contribution is -0.133. The molecule has 5 amide bonds. The summed E-state index contributed by atoms with van der Waals surface area (Å²) < 4.78 is 0. The Morgan fingerprint density at radius 2 is 0.964 bits per heavy atom. The molecule has 0 aromatic heterocycles. The second-order valence-corrected chi connectivity index (χ2v) is 16.5. The molecule has 2 heterocycles. The summed E-state index contributed by atoms with van der Waals surface area (Å²) in [5, 5.41) is 9.65. The highest BCUT2D eigenvalue weighted by Crippen LogP contribution is 2.42. The summed E-state index contributed by atoms with van der Waals surface area (Å²) in [5.74, 6) is -1.85. The summed E-state index contributed by atoms with van der Waals surface area (Å²) in [5.41, 5.74) is 3.22. The Balaban J connectivity index is 0.889. The maximum absolute atomic E-state index is 13.9. The van der Waals surface area contributed by atoms with Crippen LogP contribution in [0.15, 0.2) is 84.9 Å². The van der Waals surface area contributed by atoms with Gasteiger partial charge in [0.25, 0.3) is 11.8 Å². The number of carbonyl (C=O) groups is 5. The molecule has 0 radical (unpaired) electrons. The first kappa shape index (κ1) is 37.0. The third kappa shape index (κ3) is 8.63. The number of nitrogens with zero attached hydrogens (tertiary/aromatic N) is 2. The highest BCUT2D eigenvalue weighted by molar-refractivity contribution is 5.99. The minimum atomic E-state index is -0.678. The van der Waals surface area contributed by atoms with Gasteiger partial charge in [-0.3, -0.25) is 24.0 Å². The highest BCUT2D eigenvalue weighted by atomic mass is 16.2. The topological polar surface area (TPSA) is 128 Å². The molecule has 8 rings (SSSR count). The van der Waals surface area contributed by atoms with Gasteiger partial charge in [-0.25, -0.2) is 0 Å². The number of rotatable bonds is 10. The molecule has 288 valence electrons. The van der Waals surface area contributed by atoms with E-state index in [1.807, 2.05) is 36.4 Å². The number of hydrogen-bond donors (Lipinski definition) is 3. The molecule has 0 spiro atoms. The maximum Gasteiger partial charge on any atom is 0.253 e. The van der Waals surface area contributed by atoms with Crippen molar-refractivity contribution in [2.45, 2.75) is 94.2 Å². The first-order valence-corrected chi connectivity index (χ1v) is 20.5. The van der Waals surface area contributed by atoms with Gasteiger partial charge in [-0.15, -0.1) is 0 Å². The van der Waals surface area contributed by atoms with Crippen LogP contribution in [0.2, 0.25) is 0 Å². The molecule has 10 heteroatoms. The van der Waals surface area contributed by atoms with Crippen molar-refractivity contribution >= 4 is 29.5 Å². The molecule has 7 atom stereocenters. The highest BCUT2D eigenvalue weighted by Gasteiger charge is 2.49. The van der Waals surface area contributed by atoms with Gasteiger partial charge in [-0.2, -0.15) is 0 Å². The number of amides is 5. The van der Waals surface area contributed by atoms with Gasteiger partial charge in [0.15, 0.2) is 0 Å². The zero-order chi connectivity index (χ0) is 37.9. The average Bonchev–Trinajstić information content (AvgIpc) is 4.02. The summed E-state index contributed by atoms with van der Waals surface area (Å²) in [4.78, 5) is 71.5. The van der Waals surface area contributed by atoms with Gasteiger partial charge < -0.3 is 25.8 Å². The molecular formula is C45H53N5O5. The van der Waals surface area contributed by atoms with Crippen LogP contribution >= 0.6 is 0 Å². The molecule has 10 nitrogen and oxygen atoms in total. The zero-order valence-electron chi connectivity index (χ0n) is 31.5. The van der Waals surface area contributed by atoms with E-state index in [1.54, 1.807) is 34.1 Å². The van der Waals surface area contributed by atoms with Gasteiger partial charge >= 0.3 is 0 Å². The van der Waals surface area contributed by atoms with E-state index in [0.29, 0.717) is 30.6 Å². The molecular weight excluding hydrogens is 691 g/mol. The van der Waals surface area contributed by atoms with E-state index in [4.69, 9.17) is 0 Å². The Labute approximate surface area is 323 Å². The first-order chi connectivity index (χ1) is 26.8. The van der Waals surface area contributed by atoms with E-state index < -0.39 is 11.8 Å². The van der Waals surface area contributed by atoms with E-state index in [0.717, 1.165) is 38.5 Å². The average molecular weight is 744 g/mol. The van der Waals surface area contributed by atoms with Gasteiger partial charge in [0.05, 0.1) is 17.8 Å². The lowest BCUT2D eigenvalue weighted by atomic mass is 9.94. The van der Waals surface area contributed by atoms with Crippen LogP contribution in [-0.4, -0.2) is 83.6 Å². The summed E-state index contributed by atoms with van der Waals surface area (Å²) in [6.45, 7) is 1.18. The van der Waals surface area contributed by atoms with Crippen molar-refractivity contribution in [1.29, 1.82) is 0 Å². The Morgan fingerprint density at radius 3 is 1.47 bits per heavy atom. The van der Waals surface area contributed by atoms with Crippen LogP contribution in [-0.2, 0) is 14.4 Å². The number of nitrogens with one attached hydrogen (secondary N) is 3. The smallest absolute Gasteiger partial charge is 0.253 e. The first-order valence-electron chi connectivity index (χ1n) is 20.5. The molecule has 0 unspecified atom stereocenters. The summed E-state index contributed by atoms with van der Waals surface area (Å²) >= 11 is 0. The molecule has 3 N–H and O–H groups in total. The summed E-state index contributed by atoms with van der Waals surface area (Å²) in [6, 6.07) is 27.1. The lowest BCUT2D eigenvalue weighted by Gasteiger charge is -2.23. The Kier molecular flexibility index (Phi) is 11.0. The quantitative estimate of drug-likeness (QED) is 0.256. The van der Waals surface area contributed by atoms with Crippen LogP contribution in [0.3, 0.4) is 0 Å². The minimum absolute atomic E-state index is 0.00529. The van der Waals surface area contributed by atoms with E-state index in [9.17, 15) is 24.0 Å². The van der Waals surface area contributed by atoms with Crippen molar-refractivity contribution < 1.29 is 24.0 Å². The molecule has 3 saturated carbocycles. The van der Waals surface area contributed by atoms with E-state index in [1.165, 1.54) is 30.4 Å². The van der Waals surface area contributed by atoms with Gasteiger partial charge in [-0.1, -0.05) is 92.8 Å². The van der Waals surface area contributed by atoms with Crippen molar-refractivity contribution in [3.8, 4) is 0 Å². The van der Waals surface area contributed by atoms with Crippen molar-refractivity contribution in [2.75, 3.05) is 26.2 Å². The second kappa shape index (κ2) is 16.4. The predicted octanol–water partition coefficient (Wildman–Crippen LogP) is 5.41. The van der Waals surface area contributed by atoms with Crippen molar-refractivity contribution in [2.24, 2.45) is 17.8 Å². The maximum atomic E-state index is 13.9. The molecule has 3 aromatic rings. The van der Waals surface area contributed by atoms with E-state index in [2.05, 4.69) is 40.2 Å². The van der Waals surface area contributed by atoms with Crippen molar-refractivity contribution in [3.05, 3.63) is 107 Å². The number of carbonyl (C=O) groups excluding carboxylic acids is 5. The largest absolute Gasteiger partial charge is 0.353 e. The normalized spacial score (nSPS) is 27.7. The Morgan fingerprint density at radius 1 is 0.491 bits per heavy atom. The zero-order valence-corrected chi connectivity index (χ0v) is 31.5. The van der Waals surface area contributed by atoms with E-state index in [-0.39, 0.29) is 78.5 Å². The van der Waals surface area contributed by atoms with Gasteiger partial charge in [0, 0.05) is 67.3 Å². The molecule has 2 aliphatic heterocycles. The molecule has 2 saturated heterocycles. The van der Waals surface area contributed by atoms with Gasteiger partial charge in [0.1, 0.15) is 0 Å². The monoisotopic (exact) mass is 743 g/mol. The molecule has 3 aromatic carbocycles. The van der Waals surface area contributed by atoms with Crippen LogP contribution in [0.4, 0.5) is 0 Å². The SMILES string of the molecule is O=C(NC1CCCCCCC1)[C@H]1CCN(C(=O)c2ccc(C(=O)N3C[C@@H](C(=O)N[C@H]4C[C@@H]4c4ccccc4)[C@H](C(=O)N[C@H]4C[C@@H]4c4ccccc4)C3)cc2)C1. The van der Waals surface area contributed by atoms with Crippen LogP contribution in [0.1, 0.15) is 108 Å². The van der Waals surface area contributed by atoms with E-state index >= 15 is 0 Å².